The van der Waals surface area contributed by atoms with Crippen molar-refractivity contribution in [2.24, 2.45) is 5.73 Å². The van der Waals surface area contributed by atoms with E-state index in [9.17, 15) is 9.90 Å². The van der Waals surface area contributed by atoms with Crippen LogP contribution in [0.15, 0.2) is 30.3 Å². The second-order valence-corrected chi connectivity index (χ2v) is 5.32. The second kappa shape index (κ2) is 7.97. The SMILES string of the molecule is NC(=O)CN1CCN(CC(O)COc2ccccc2)CC1. The molecule has 1 atom stereocenters. The van der Waals surface area contributed by atoms with Gasteiger partial charge in [0.25, 0.3) is 0 Å². The summed E-state index contributed by atoms with van der Waals surface area (Å²) in [6, 6.07) is 9.47. The Morgan fingerprint density at radius 3 is 2.43 bits per heavy atom. The maximum absolute atomic E-state index is 10.9. The number of β-amino-alcohol motifs (C(OH)–C–C–N with tert-alkyl or cyclic N) is 1. The fourth-order valence-corrected chi connectivity index (χ4v) is 2.41. The molecule has 1 saturated heterocycles. The number of ether oxygens (including phenoxy) is 1. The molecule has 1 aliphatic heterocycles. The predicted molar refractivity (Wildman–Crippen MR) is 80.0 cm³/mol. The minimum absolute atomic E-state index is 0.283. The van der Waals surface area contributed by atoms with E-state index in [1.54, 1.807) is 0 Å². The molecule has 0 spiro atoms. The minimum atomic E-state index is -0.520. The largest absolute Gasteiger partial charge is 0.491 e. The molecule has 0 aromatic heterocycles. The summed E-state index contributed by atoms with van der Waals surface area (Å²) in [7, 11) is 0. The lowest BCUT2D eigenvalue weighted by atomic mass is 10.2. The predicted octanol–water partition coefficient (Wildman–Crippen LogP) is -0.471. The smallest absolute Gasteiger partial charge is 0.231 e. The van der Waals surface area contributed by atoms with Crippen LogP contribution in [0.25, 0.3) is 0 Å². The molecule has 1 heterocycles. The van der Waals surface area contributed by atoms with Gasteiger partial charge in [0, 0.05) is 32.7 Å². The third-order valence-electron chi connectivity index (χ3n) is 3.50. The Hall–Kier alpha value is -1.63. The number of aliphatic hydroxyl groups excluding tert-OH is 1. The minimum Gasteiger partial charge on any atom is -0.491 e. The highest BCUT2D eigenvalue weighted by Crippen LogP contribution is 2.09. The van der Waals surface area contributed by atoms with E-state index < -0.39 is 6.10 Å². The van der Waals surface area contributed by atoms with Gasteiger partial charge < -0.3 is 15.6 Å². The fraction of sp³-hybridized carbons (Fsp3) is 0.533. The van der Waals surface area contributed by atoms with Crippen molar-refractivity contribution in [3.63, 3.8) is 0 Å². The number of aliphatic hydroxyl groups is 1. The monoisotopic (exact) mass is 293 g/mol. The molecular weight excluding hydrogens is 270 g/mol. The molecule has 0 aliphatic carbocycles. The zero-order valence-electron chi connectivity index (χ0n) is 12.1. The van der Waals surface area contributed by atoms with Gasteiger partial charge in [-0.05, 0) is 12.1 Å². The number of amides is 1. The molecule has 6 heteroatoms. The van der Waals surface area contributed by atoms with Crippen LogP contribution in [0.4, 0.5) is 0 Å². The van der Waals surface area contributed by atoms with Crippen LogP contribution in [-0.2, 0) is 4.79 Å². The fourth-order valence-electron chi connectivity index (χ4n) is 2.41. The van der Waals surface area contributed by atoms with E-state index in [1.807, 2.05) is 35.2 Å². The van der Waals surface area contributed by atoms with Crippen LogP contribution in [0.1, 0.15) is 0 Å². The molecule has 3 N–H and O–H groups in total. The number of hydrogen-bond acceptors (Lipinski definition) is 5. The maximum atomic E-state index is 10.9. The van der Waals surface area contributed by atoms with Crippen LogP contribution in [0.3, 0.4) is 0 Å². The summed E-state index contributed by atoms with van der Waals surface area (Å²) >= 11 is 0. The van der Waals surface area contributed by atoms with Crippen molar-refractivity contribution in [1.82, 2.24) is 9.80 Å². The molecule has 1 aromatic carbocycles. The van der Waals surface area contributed by atoms with Crippen molar-refractivity contribution < 1.29 is 14.6 Å². The molecule has 1 fully saturated rings. The Balaban J connectivity index is 1.65. The van der Waals surface area contributed by atoms with Crippen molar-refractivity contribution >= 4 is 5.91 Å². The molecule has 6 nitrogen and oxygen atoms in total. The molecule has 1 aliphatic rings. The molecule has 0 bridgehead atoms. The zero-order chi connectivity index (χ0) is 15.1. The highest BCUT2D eigenvalue weighted by atomic mass is 16.5. The number of para-hydroxylation sites is 1. The summed E-state index contributed by atoms with van der Waals surface area (Å²) in [5, 5.41) is 10.0. The summed E-state index contributed by atoms with van der Waals surface area (Å²) < 4.78 is 5.53. The molecule has 1 unspecified atom stereocenters. The Bertz CT molecular complexity index is 433. The van der Waals surface area contributed by atoms with Crippen LogP contribution in [0.2, 0.25) is 0 Å². The number of nitrogens with two attached hydrogens (primary N) is 1. The topological polar surface area (TPSA) is 79.0 Å². The van der Waals surface area contributed by atoms with E-state index in [1.165, 1.54) is 0 Å². The van der Waals surface area contributed by atoms with Gasteiger partial charge in [0.1, 0.15) is 18.5 Å². The normalized spacial score (nSPS) is 18.3. The third kappa shape index (κ3) is 5.71. The molecular formula is C15H23N3O3. The molecule has 2 rings (SSSR count). The van der Waals surface area contributed by atoms with Gasteiger partial charge in [-0.3, -0.25) is 14.6 Å². The lowest BCUT2D eigenvalue weighted by molar-refractivity contribution is -0.119. The van der Waals surface area contributed by atoms with Gasteiger partial charge in [-0.15, -0.1) is 0 Å². The van der Waals surface area contributed by atoms with E-state index in [2.05, 4.69) is 4.90 Å². The maximum Gasteiger partial charge on any atom is 0.231 e. The Morgan fingerprint density at radius 1 is 1.19 bits per heavy atom. The summed E-state index contributed by atoms with van der Waals surface area (Å²) in [5.41, 5.74) is 5.18. The second-order valence-electron chi connectivity index (χ2n) is 5.32. The van der Waals surface area contributed by atoms with E-state index in [4.69, 9.17) is 10.5 Å². The first-order valence-corrected chi connectivity index (χ1v) is 7.22. The summed E-state index contributed by atoms with van der Waals surface area (Å²) in [6.45, 7) is 4.44. The van der Waals surface area contributed by atoms with Gasteiger partial charge in [0.2, 0.25) is 5.91 Å². The highest BCUT2D eigenvalue weighted by Gasteiger charge is 2.20. The van der Waals surface area contributed by atoms with Crippen molar-refractivity contribution in [1.29, 1.82) is 0 Å². The van der Waals surface area contributed by atoms with E-state index >= 15 is 0 Å². The standard InChI is InChI=1S/C15H23N3O3/c16-15(20)11-18-8-6-17(7-9-18)10-13(19)12-21-14-4-2-1-3-5-14/h1-5,13,19H,6-12H2,(H2,16,20). The lowest BCUT2D eigenvalue weighted by Gasteiger charge is -2.34. The molecule has 21 heavy (non-hydrogen) atoms. The van der Waals surface area contributed by atoms with Crippen molar-refractivity contribution in [2.45, 2.75) is 6.10 Å². The van der Waals surface area contributed by atoms with Crippen LogP contribution in [0.5, 0.6) is 5.75 Å². The number of carbonyl (C=O) groups excluding carboxylic acids is 1. The van der Waals surface area contributed by atoms with Crippen molar-refractivity contribution in [2.75, 3.05) is 45.9 Å². The Kier molecular flexibility index (Phi) is 5.98. The number of nitrogens with zero attached hydrogens (tertiary/aromatic N) is 2. The number of benzene rings is 1. The van der Waals surface area contributed by atoms with E-state index in [0.717, 1.165) is 31.9 Å². The van der Waals surface area contributed by atoms with Crippen LogP contribution in [0, 0.1) is 0 Å². The van der Waals surface area contributed by atoms with E-state index in [-0.39, 0.29) is 12.5 Å². The zero-order valence-corrected chi connectivity index (χ0v) is 12.1. The van der Waals surface area contributed by atoms with Crippen LogP contribution in [-0.4, -0.2) is 72.8 Å². The lowest BCUT2D eigenvalue weighted by Crippen LogP contribution is -2.50. The first-order valence-electron chi connectivity index (χ1n) is 7.22. The number of rotatable bonds is 7. The van der Waals surface area contributed by atoms with Gasteiger partial charge in [-0.1, -0.05) is 18.2 Å². The third-order valence-corrected chi connectivity index (χ3v) is 3.50. The molecule has 1 aromatic rings. The van der Waals surface area contributed by atoms with Gasteiger partial charge in [-0.2, -0.15) is 0 Å². The van der Waals surface area contributed by atoms with Gasteiger partial charge >= 0.3 is 0 Å². The molecule has 116 valence electrons. The number of hydrogen-bond donors (Lipinski definition) is 2. The number of primary amides is 1. The quantitative estimate of drug-likeness (QED) is 0.710. The van der Waals surface area contributed by atoms with Crippen molar-refractivity contribution in [3.8, 4) is 5.75 Å². The number of piperazine rings is 1. The van der Waals surface area contributed by atoms with Gasteiger partial charge in [0.15, 0.2) is 0 Å². The first-order chi connectivity index (χ1) is 10.1. The molecule has 0 saturated carbocycles. The average Bonchev–Trinajstić information content (AvgIpc) is 2.48. The van der Waals surface area contributed by atoms with Gasteiger partial charge in [0.05, 0.1) is 6.54 Å². The molecule has 0 radical (unpaired) electrons. The Morgan fingerprint density at radius 2 is 1.81 bits per heavy atom. The van der Waals surface area contributed by atoms with Crippen molar-refractivity contribution in [3.05, 3.63) is 30.3 Å². The highest BCUT2D eigenvalue weighted by molar-refractivity contribution is 5.75. The van der Waals surface area contributed by atoms with Crippen LogP contribution < -0.4 is 10.5 Å². The molecule has 1 amide bonds. The van der Waals surface area contributed by atoms with Gasteiger partial charge in [-0.25, -0.2) is 0 Å². The summed E-state index contributed by atoms with van der Waals surface area (Å²) in [6.07, 6.45) is -0.520. The summed E-state index contributed by atoms with van der Waals surface area (Å²) in [5.74, 6) is 0.475. The summed E-state index contributed by atoms with van der Waals surface area (Å²) in [4.78, 5) is 15.1. The first kappa shape index (κ1) is 15.8. The number of carbonyl (C=O) groups is 1. The Labute approximate surface area is 125 Å². The average molecular weight is 293 g/mol. The van der Waals surface area contributed by atoms with Crippen LogP contribution >= 0.6 is 0 Å². The van der Waals surface area contributed by atoms with E-state index in [0.29, 0.717) is 13.1 Å².